The fourth-order valence-corrected chi connectivity index (χ4v) is 1.66. The lowest BCUT2D eigenvalue weighted by atomic mass is 10.1. The first-order chi connectivity index (χ1) is 7.65. The maximum Gasteiger partial charge on any atom is 0.185 e. The predicted octanol–water partition coefficient (Wildman–Crippen LogP) is 2.03. The molecule has 4 heteroatoms. The molecule has 86 valence electrons. The topological polar surface area (TPSA) is 47.6 Å². The van der Waals surface area contributed by atoms with Gasteiger partial charge >= 0.3 is 0 Å². The Labute approximate surface area is 94.1 Å². The van der Waals surface area contributed by atoms with Gasteiger partial charge in [-0.3, -0.25) is 4.99 Å². The molecular weight excluding hydrogens is 207 g/mol. The van der Waals surface area contributed by atoms with E-state index in [9.17, 15) is 4.39 Å². The van der Waals surface area contributed by atoms with Gasteiger partial charge in [0.15, 0.2) is 5.90 Å². The average molecular weight is 222 g/mol. The summed E-state index contributed by atoms with van der Waals surface area (Å²) in [5, 5.41) is 0. The van der Waals surface area contributed by atoms with Gasteiger partial charge in [0.05, 0.1) is 6.54 Å². The van der Waals surface area contributed by atoms with Crippen molar-refractivity contribution >= 4 is 5.90 Å². The number of halogens is 1. The largest absolute Gasteiger partial charge is 0.471 e. The molecule has 3 nitrogen and oxygen atoms in total. The summed E-state index contributed by atoms with van der Waals surface area (Å²) in [6.07, 6.45) is 0.562. The van der Waals surface area contributed by atoms with Gasteiger partial charge in [-0.25, -0.2) is 4.39 Å². The lowest BCUT2D eigenvalue weighted by Crippen LogP contribution is -2.20. The highest BCUT2D eigenvalue weighted by molar-refractivity contribution is 5.78. The van der Waals surface area contributed by atoms with Gasteiger partial charge in [-0.05, 0) is 24.6 Å². The molecule has 0 radical (unpaired) electrons. The van der Waals surface area contributed by atoms with Crippen LogP contribution in [0.4, 0.5) is 4.39 Å². The van der Waals surface area contributed by atoms with Crippen LogP contribution in [0.15, 0.2) is 29.3 Å². The highest BCUT2D eigenvalue weighted by atomic mass is 19.1. The summed E-state index contributed by atoms with van der Waals surface area (Å²) in [6.45, 7) is 2.50. The lowest BCUT2D eigenvalue weighted by molar-refractivity contribution is 0.222. The molecule has 2 N–H and O–H groups in total. The van der Waals surface area contributed by atoms with E-state index < -0.39 is 0 Å². The van der Waals surface area contributed by atoms with Crippen LogP contribution in [0, 0.1) is 5.82 Å². The molecule has 2 rings (SSSR count). The van der Waals surface area contributed by atoms with Crippen molar-refractivity contribution in [2.24, 2.45) is 10.7 Å². The standard InChI is InChI=1S/C12H15FN2O/c1-8(14)6-12-15-7-11(16-12)9-2-4-10(13)5-3-9/h2-5,8,11H,6-7,14H2,1H3. The molecule has 1 aromatic rings. The van der Waals surface area contributed by atoms with E-state index in [2.05, 4.69) is 4.99 Å². The number of nitrogens with two attached hydrogens (primary N) is 1. The van der Waals surface area contributed by atoms with E-state index in [1.54, 1.807) is 12.1 Å². The van der Waals surface area contributed by atoms with Crippen molar-refractivity contribution < 1.29 is 9.13 Å². The van der Waals surface area contributed by atoms with Crippen LogP contribution < -0.4 is 5.73 Å². The van der Waals surface area contributed by atoms with E-state index >= 15 is 0 Å². The fraction of sp³-hybridized carbons (Fsp3) is 0.417. The normalized spacial score (nSPS) is 21.4. The van der Waals surface area contributed by atoms with Crippen molar-refractivity contribution in [3.63, 3.8) is 0 Å². The molecule has 0 amide bonds. The summed E-state index contributed by atoms with van der Waals surface area (Å²) in [4.78, 5) is 4.28. The van der Waals surface area contributed by atoms with Crippen molar-refractivity contribution in [1.29, 1.82) is 0 Å². The molecule has 0 fully saturated rings. The van der Waals surface area contributed by atoms with Crippen LogP contribution in [0.5, 0.6) is 0 Å². The maximum absolute atomic E-state index is 12.7. The number of rotatable bonds is 3. The van der Waals surface area contributed by atoms with E-state index in [1.165, 1.54) is 12.1 Å². The molecule has 1 aliphatic rings. The molecule has 1 aromatic carbocycles. The number of hydrogen-bond donors (Lipinski definition) is 1. The van der Waals surface area contributed by atoms with Gasteiger partial charge in [-0.2, -0.15) is 0 Å². The molecule has 0 aromatic heterocycles. The van der Waals surface area contributed by atoms with Crippen molar-refractivity contribution in [3.8, 4) is 0 Å². The van der Waals surface area contributed by atoms with E-state index in [1.807, 2.05) is 6.92 Å². The number of nitrogens with zero attached hydrogens (tertiary/aromatic N) is 1. The summed E-state index contributed by atoms with van der Waals surface area (Å²) in [6, 6.07) is 6.37. The molecular formula is C12H15FN2O. The molecule has 2 unspecified atom stereocenters. The second kappa shape index (κ2) is 4.61. The molecule has 1 heterocycles. The van der Waals surface area contributed by atoms with Crippen LogP contribution in [-0.4, -0.2) is 18.5 Å². The van der Waals surface area contributed by atoms with E-state index in [4.69, 9.17) is 10.5 Å². The van der Waals surface area contributed by atoms with Crippen LogP contribution in [0.2, 0.25) is 0 Å². The summed E-state index contributed by atoms with van der Waals surface area (Å²) in [7, 11) is 0. The van der Waals surface area contributed by atoms with Crippen molar-refractivity contribution in [2.45, 2.75) is 25.5 Å². The fourth-order valence-electron chi connectivity index (χ4n) is 1.66. The van der Waals surface area contributed by atoms with Gasteiger partial charge in [-0.15, -0.1) is 0 Å². The zero-order valence-corrected chi connectivity index (χ0v) is 9.19. The third-order valence-corrected chi connectivity index (χ3v) is 2.45. The van der Waals surface area contributed by atoms with Gasteiger partial charge in [0.2, 0.25) is 0 Å². The van der Waals surface area contributed by atoms with E-state index in [0.717, 1.165) is 5.56 Å². The smallest absolute Gasteiger partial charge is 0.185 e. The number of ether oxygens (including phenoxy) is 1. The molecule has 1 aliphatic heterocycles. The minimum atomic E-state index is -0.238. The Hall–Kier alpha value is -1.42. The minimum absolute atomic E-state index is 0.0470. The Morgan fingerprint density at radius 2 is 2.19 bits per heavy atom. The second-order valence-electron chi connectivity index (χ2n) is 4.07. The van der Waals surface area contributed by atoms with Gasteiger partial charge in [0.25, 0.3) is 0 Å². The molecule has 0 aliphatic carbocycles. The number of aliphatic imine (C=N–C) groups is 1. The zero-order valence-electron chi connectivity index (χ0n) is 9.19. The second-order valence-corrected chi connectivity index (χ2v) is 4.07. The third-order valence-electron chi connectivity index (χ3n) is 2.45. The molecule has 0 spiro atoms. The Balaban J connectivity index is 1.98. The zero-order chi connectivity index (χ0) is 11.5. The van der Waals surface area contributed by atoms with Crippen molar-refractivity contribution in [3.05, 3.63) is 35.6 Å². The first-order valence-electron chi connectivity index (χ1n) is 5.36. The van der Waals surface area contributed by atoms with E-state index in [0.29, 0.717) is 18.9 Å². The monoisotopic (exact) mass is 222 g/mol. The van der Waals surface area contributed by atoms with Gasteiger partial charge < -0.3 is 10.5 Å². The van der Waals surface area contributed by atoms with Gasteiger partial charge in [0.1, 0.15) is 11.9 Å². The first-order valence-corrected chi connectivity index (χ1v) is 5.36. The van der Waals surface area contributed by atoms with E-state index in [-0.39, 0.29) is 18.0 Å². The van der Waals surface area contributed by atoms with Gasteiger partial charge in [-0.1, -0.05) is 12.1 Å². The number of hydrogen-bond acceptors (Lipinski definition) is 3. The Morgan fingerprint density at radius 3 is 2.81 bits per heavy atom. The molecule has 2 atom stereocenters. The summed E-state index contributed by atoms with van der Waals surface area (Å²) in [5.41, 5.74) is 6.61. The highest BCUT2D eigenvalue weighted by Crippen LogP contribution is 2.24. The van der Waals surface area contributed by atoms with Gasteiger partial charge in [0, 0.05) is 12.5 Å². The molecule has 0 saturated heterocycles. The van der Waals surface area contributed by atoms with Crippen molar-refractivity contribution in [2.75, 3.05) is 6.54 Å². The van der Waals surface area contributed by atoms with Crippen LogP contribution >= 0.6 is 0 Å². The van der Waals surface area contributed by atoms with Crippen LogP contribution in [-0.2, 0) is 4.74 Å². The lowest BCUT2D eigenvalue weighted by Gasteiger charge is -2.12. The SMILES string of the molecule is CC(N)CC1=NCC(c2ccc(F)cc2)O1. The Bertz CT molecular complexity index is 387. The van der Waals surface area contributed by atoms with Crippen LogP contribution in [0.3, 0.4) is 0 Å². The summed E-state index contributed by atoms with van der Waals surface area (Å²) >= 11 is 0. The molecule has 0 bridgehead atoms. The van der Waals surface area contributed by atoms with Crippen LogP contribution in [0.25, 0.3) is 0 Å². The minimum Gasteiger partial charge on any atom is -0.471 e. The first kappa shape index (κ1) is 11.1. The number of benzene rings is 1. The quantitative estimate of drug-likeness (QED) is 0.850. The third kappa shape index (κ3) is 2.58. The summed E-state index contributed by atoms with van der Waals surface area (Å²) in [5.74, 6) is 0.461. The predicted molar refractivity (Wildman–Crippen MR) is 60.8 cm³/mol. The highest BCUT2D eigenvalue weighted by Gasteiger charge is 2.21. The van der Waals surface area contributed by atoms with Crippen LogP contribution in [0.1, 0.15) is 25.0 Å². The Morgan fingerprint density at radius 1 is 1.50 bits per heavy atom. The Kier molecular flexibility index (Phi) is 3.19. The molecule has 16 heavy (non-hydrogen) atoms. The summed E-state index contributed by atoms with van der Waals surface area (Å²) < 4.78 is 18.4. The maximum atomic E-state index is 12.7. The average Bonchev–Trinajstić information content (AvgIpc) is 2.66. The molecule has 0 saturated carbocycles. The van der Waals surface area contributed by atoms with Crippen molar-refractivity contribution in [1.82, 2.24) is 0 Å².